The summed E-state index contributed by atoms with van der Waals surface area (Å²) in [6.07, 6.45) is 0. The lowest BCUT2D eigenvalue weighted by atomic mass is 9.97. The summed E-state index contributed by atoms with van der Waals surface area (Å²) in [5, 5.41) is 25.5. The van der Waals surface area contributed by atoms with Crippen LogP contribution in [0, 0.1) is 6.07 Å². The van der Waals surface area contributed by atoms with Crippen molar-refractivity contribution in [2.45, 2.75) is 0 Å². The highest BCUT2D eigenvalue weighted by Gasteiger charge is 2.08. The van der Waals surface area contributed by atoms with E-state index in [2.05, 4.69) is 24.3 Å². The normalized spacial score (nSPS) is 11.4. The standard InChI is InChI=1S/C18H11O2/c19-17-9-12-6-8-14-13-4-2-1-3-11(13)5-7-15(14)16(12)10-18(17)20/h1-8,10,19-20H. The fraction of sp³-hybridized carbons (Fsp3) is 0. The number of rotatable bonds is 0. The van der Waals surface area contributed by atoms with Crippen LogP contribution in [0.25, 0.3) is 32.3 Å². The van der Waals surface area contributed by atoms with E-state index in [1.165, 1.54) is 10.8 Å². The van der Waals surface area contributed by atoms with Gasteiger partial charge in [-0.15, -0.1) is 0 Å². The molecule has 0 saturated carbocycles. The van der Waals surface area contributed by atoms with Crippen molar-refractivity contribution >= 4 is 32.3 Å². The number of benzene rings is 4. The second-order valence-electron chi connectivity index (χ2n) is 4.91. The summed E-state index contributed by atoms with van der Waals surface area (Å²) in [6.45, 7) is 0. The van der Waals surface area contributed by atoms with Crippen LogP contribution in [0.1, 0.15) is 0 Å². The van der Waals surface area contributed by atoms with Crippen LogP contribution in [0.5, 0.6) is 11.5 Å². The first-order chi connectivity index (χ1) is 9.74. The Morgan fingerprint density at radius 2 is 1.45 bits per heavy atom. The fourth-order valence-electron chi connectivity index (χ4n) is 2.77. The van der Waals surface area contributed by atoms with Crippen molar-refractivity contribution in [3.63, 3.8) is 0 Å². The topological polar surface area (TPSA) is 40.5 Å². The van der Waals surface area contributed by atoms with Gasteiger partial charge in [-0.25, -0.2) is 0 Å². The molecule has 2 nitrogen and oxygen atoms in total. The summed E-state index contributed by atoms with van der Waals surface area (Å²) < 4.78 is 0. The molecule has 0 aromatic heterocycles. The second kappa shape index (κ2) is 3.87. The average Bonchev–Trinajstić information content (AvgIpc) is 2.48. The first kappa shape index (κ1) is 11.1. The van der Waals surface area contributed by atoms with E-state index in [1.54, 1.807) is 6.07 Å². The minimum atomic E-state index is -0.211. The highest BCUT2D eigenvalue weighted by Crippen LogP contribution is 2.36. The van der Waals surface area contributed by atoms with Crippen LogP contribution < -0.4 is 0 Å². The number of aromatic hydroxyl groups is 2. The monoisotopic (exact) mass is 259 g/mol. The molecule has 0 heterocycles. The predicted octanol–water partition coefficient (Wildman–Crippen LogP) is 4.36. The average molecular weight is 259 g/mol. The molecule has 0 unspecified atom stereocenters. The van der Waals surface area contributed by atoms with Gasteiger partial charge in [0.1, 0.15) is 0 Å². The summed E-state index contributed by atoms with van der Waals surface area (Å²) in [7, 11) is 0. The van der Waals surface area contributed by atoms with E-state index < -0.39 is 0 Å². The van der Waals surface area contributed by atoms with Gasteiger partial charge in [0.2, 0.25) is 0 Å². The Hall–Kier alpha value is -2.74. The summed E-state index contributed by atoms with van der Waals surface area (Å²) in [4.78, 5) is 0. The van der Waals surface area contributed by atoms with Gasteiger partial charge < -0.3 is 10.2 Å². The highest BCUT2D eigenvalue weighted by molar-refractivity contribution is 6.17. The maximum atomic E-state index is 9.71. The van der Waals surface area contributed by atoms with Gasteiger partial charge in [0.25, 0.3) is 0 Å². The minimum absolute atomic E-state index is 0.141. The highest BCUT2D eigenvalue weighted by atomic mass is 16.3. The van der Waals surface area contributed by atoms with Gasteiger partial charge in [0.05, 0.1) is 0 Å². The van der Waals surface area contributed by atoms with Crippen LogP contribution in [0.3, 0.4) is 0 Å². The van der Waals surface area contributed by atoms with Crippen LogP contribution in [-0.2, 0) is 0 Å². The largest absolute Gasteiger partial charge is 0.504 e. The van der Waals surface area contributed by atoms with Crippen molar-refractivity contribution in [1.29, 1.82) is 0 Å². The summed E-state index contributed by atoms with van der Waals surface area (Å²) >= 11 is 0. The molecule has 0 amide bonds. The molecular weight excluding hydrogens is 248 g/mol. The molecule has 20 heavy (non-hydrogen) atoms. The summed E-state index contributed by atoms with van der Waals surface area (Å²) in [6, 6.07) is 20.7. The van der Waals surface area contributed by atoms with Crippen LogP contribution in [0.4, 0.5) is 0 Å². The first-order valence-corrected chi connectivity index (χ1v) is 6.42. The fourth-order valence-corrected chi connectivity index (χ4v) is 2.77. The van der Waals surface area contributed by atoms with E-state index >= 15 is 0 Å². The van der Waals surface area contributed by atoms with Crippen LogP contribution in [-0.4, -0.2) is 10.2 Å². The Morgan fingerprint density at radius 3 is 2.35 bits per heavy atom. The molecule has 0 aliphatic rings. The molecule has 4 aromatic carbocycles. The molecule has 1 radical (unpaired) electrons. The molecule has 0 aliphatic carbocycles. The van der Waals surface area contributed by atoms with E-state index in [-0.39, 0.29) is 11.5 Å². The molecule has 0 aliphatic heterocycles. The van der Waals surface area contributed by atoms with Gasteiger partial charge in [-0.1, -0.05) is 48.5 Å². The van der Waals surface area contributed by atoms with Gasteiger partial charge in [-0.2, -0.15) is 0 Å². The van der Waals surface area contributed by atoms with Gasteiger partial charge in [-0.3, -0.25) is 0 Å². The third kappa shape index (κ3) is 1.45. The Labute approximate surface area is 115 Å². The zero-order chi connectivity index (χ0) is 13.7. The van der Waals surface area contributed by atoms with Crippen molar-refractivity contribution in [1.82, 2.24) is 0 Å². The molecule has 2 N–H and O–H groups in total. The molecule has 2 heteroatoms. The van der Waals surface area contributed by atoms with Crippen molar-refractivity contribution < 1.29 is 10.2 Å². The minimum Gasteiger partial charge on any atom is -0.504 e. The molecular formula is C18H11O2. The molecule has 4 aromatic rings. The quantitative estimate of drug-likeness (QED) is 0.364. The van der Waals surface area contributed by atoms with Crippen molar-refractivity contribution in [3.8, 4) is 11.5 Å². The van der Waals surface area contributed by atoms with Gasteiger partial charge in [0, 0.05) is 6.07 Å². The van der Waals surface area contributed by atoms with E-state index in [0.717, 1.165) is 21.5 Å². The summed E-state index contributed by atoms with van der Waals surface area (Å²) in [5.74, 6) is -0.351. The number of fused-ring (bicyclic) bond motifs is 5. The third-order valence-electron chi connectivity index (χ3n) is 3.74. The van der Waals surface area contributed by atoms with E-state index in [9.17, 15) is 10.2 Å². The first-order valence-electron chi connectivity index (χ1n) is 6.42. The Balaban J connectivity index is 2.25. The van der Waals surface area contributed by atoms with Crippen molar-refractivity contribution in [2.24, 2.45) is 0 Å². The third-order valence-corrected chi connectivity index (χ3v) is 3.74. The zero-order valence-corrected chi connectivity index (χ0v) is 10.6. The molecule has 0 bridgehead atoms. The SMILES string of the molecule is Oc1[c]c2ccc3c4ccccc4ccc3c2cc1O. The maximum absolute atomic E-state index is 9.71. The van der Waals surface area contributed by atoms with Crippen molar-refractivity contribution in [2.75, 3.05) is 0 Å². The number of hydrogen-bond donors (Lipinski definition) is 2. The molecule has 0 fully saturated rings. The lowest BCUT2D eigenvalue weighted by Gasteiger charge is -2.08. The maximum Gasteiger partial charge on any atom is 0.166 e. The Kier molecular flexibility index (Phi) is 2.15. The van der Waals surface area contributed by atoms with Crippen LogP contribution >= 0.6 is 0 Å². The lowest BCUT2D eigenvalue weighted by molar-refractivity contribution is 0.404. The second-order valence-corrected chi connectivity index (χ2v) is 4.91. The molecule has 0 atom stereocenters. The van der Waals surface area contributed by atoms with E-state index in [4.69, 9.17) is 0 Å². The smallest absolute Gasteiger partial charge is 0.166 e. The molecule has 95 valence electrons. The Bertz CT molecular complexity index is 971. The number of phenols is 2. The van der Waals surface area contributed by atoms with Crippen molar-refractivity contribution in [3.05, 3.63) is 60.7 Å². The zero-order valence-electron chi connectivity index (χ0n) is 10.6. The van der Waals surface area contributed by atoms with Gasteiger partial charge in [-0.05, 0) is 38.4 Å². The summed E-state index contributed by atoms with van der Waals surface area (Å²) in [5.41, 5.74) is 0. The van der Waals surface area contributed by atoms with E-state index in [1.807, 2.05) is 30.3 Å². The molecule has 4 rings (SSSR count). The predicted molar refractivity (Wildman–Crippen MR) is 81.1 cm³/mol. The number of hydrogen-bond acceptors (Lipinski definition) is 2. The van der Waals surface area contributed by atoms with E-state index in [0.29, 0.717) is 0 Å². The molecule has 0 saturated heterocycles. The molecule has 0 spiro atoms. The number of phenolic OH excluding ortho intramolecular Hbond substituents is 2. The van der Waals surface area contributed by atoms with Gasteiger partial charge >= 0.3 is 0 Å². The van der Waals surface area contributed by atoms with Crippen LogP contribution in [0.2, 0.25) is 0 Å². The van der Waals surface area contributed by atoms with Gasteiger partial charge in [0.15, 0.2) is 11.5 Å². The Morgan fingerprint density at radius 1 is 0.700 bits per heavy atom. The van der Waals surface area contributed by atoms with Crippen LogP contribution in [0.15, 0.2) is 54.6 Å². The lowest BCUT2D eigenvalue weighted by Crippen LogP contribution is -1.81.